The van der Waals surface area contributed by atoms with Gasteiger partial charge in [-0.05, 0) is 6.42 Å². The van der Waals surface area contributed by atoms with Crippen molar-refractivity contribution in [1.29, 1.82) is 0 Å². The number of alkyl halides is 5. The average molecular weight is 261 g/mol. The monoisotopic (exact) mass is 261 g/mol. The van der Waals surface area contributed by atoms with E-state index in [0.29, 0.717) is 12.3 Å². The highest BCUT2D eigenvalue weighted by Gasteiger charge is 2.62. The lowest BCUT2D eigenvalue weighted by Gasteiger charge is -2.19. The molecule has 0 aromatic carbocycles. The second kappa shape index (κ2) is 4.68. The third-order valence-electron chi connectivity index (χ3n) is 1.88. The second-order valence-electron chi connectivity index (χ2n) is 3.15. The van der Waals surface area contributed by atoms with Gasteiger partial charge in [-0.15, -0.1) is 11.8 Å². The lowest BCUT2D eigenvalue weighted by molar-refractivity contribution is -0.268. The first-order chi connectivity index (χ1) is 7.25. The van der Waals surface area contributed by atoms with E-state index in [4.69, 9.17) is 0 Å². The normalized spacial score (nSPS) is 18.2. The first kappa shape index (κ1) is 13.4. The van der Waals surface area contributed by atoms with Gasteiger partial charge in [-0.3, -0.25) is 9.79 Å². The average Bonchev–Trinajstić information content (AvgIpc) is 2.17. The van der Waals surface area contributed by atoms with Gasteiger partial charge >= 0.3 is 12.1 Å². The van der Waals surface area contributed by atoms with Gasteiger partial charge in [-0.1, -0.05) is 0 Å². The van der Waals surface area contributed by atoms with Crippen molar-refractivity contribution in [3.8, 4) is 0 Å². The minimum atomic E-state index is -5.83. The largest absolute Gasteiger partial charge is 0.461 e. The van der Waals surface area contributed by atoms with E-state index < -0.39 is 24.3 Å². The van der Waals surface area contributed by atoms with Crippen LogP contribution in [-0.2, 0) is 4.79 Å². The summed E-state index contributed by atoms with van der Waals surface area (Å²) in [5.74, 6) is -6.84. The Morgan fingerprint density at radius 1 is 1.31 bits per heavy atom. The van der Waals surface area contributed by atoms with E-state index in [2.05, 4.69) is 4.99 Å². The van der Waals surface area contributed by atoms with Gasteiger partial charge in [0.05, 0.1) is 11.5 Å². The molecule has 0 aliphatic carbocycles. The minimum Gasteiger partial charge on any atom is -0.292 e. The number of aliphatic imine (C=N–C) groups is 1. The molecule has 1 aliphatic heterocycles. The van der Waals surface area contributed by atoms with Crippen molar-refractivity contribution < 1.29 is 26.7 Å². The number of hydrogen-bond acceptors (Lipinski definition) is 3. The Hall–Kier alpha value is -0.660. The lowest BCUT2D eigenvalue weighted by Crippen LogP contribution is -2.44. The van der Waals surface area contributed by atoms with Crippen LogP contribution in [0.4, 0.5) is 22.0 Å². The zero-order valence-corrected chi connectivity index (χ0v) is 8.80. The molecule has 1 heterocycles. The molecule has 0 saturated carbocycles. The molecule has 2 nitrogen and oxygen atoms in total. The number of Topliss-reactive ketones (excluding diaryl/α,β-unsaturated/α-hetero) is 1. The van der Waals surface area contributed by atoms with Crippen LogP contribution in [0.5, 0.6) is 0 Å². The van der Waals surface area contributed by atoms with Gasteiger partial charge in [0.1, 0.15) is 0 Å². The van der Waals surface area contributed by atoms with Crippen LogP contribution < -0.4 is 0 Å². The number of carbonyl (C=O) groups is 1. The number of nitrogens with zero attached hydrogens (tertiary/aromatic N) is 1. The fraction of sp³-hybridized carbons (Fsp3) is 0.750. The Balaban J connectivity index is 2.68. The molecule has 0 aromatic heterocycles. The van der Waals surface area contributed by atoms with Crippen LogP contribution in [0.1, 0.15) is 12.8 Å². The highest BCUT2D eigenvalue weighted by molar-refractivity contribution is 8.14. The molecule has 8 heteroatoms. The van der Waals surface area contributed by atoms with Crippen LogP contribution >= 0.6 is 11.8 Å². The van der Waals surface area contributed by atoms with Crippen LogP contribution in [0.15, 0.2) is 4.99 Å². The molecule has 0 aromatic rings. The number of rotatable bonds is 3. The molecule has 0 fully saturated rings. The first-order valence-corrected chi connectivity index (χ1v) is 5.37. The van der Waals surface area contributed by atoms with Crippen LogP contribution in [0.3, 0.4) is 0 Å². The lowest BCUT2D eigenvalue weighted by atomic mass is 10.1. The molecule has 0 atom stereocenters. The predicted molar refractivity (Wildman–Crippen MR) is 50.0 cm³/mol. The number of carbonyl (C=O) groups excluding carboxylic acids is 1. The van der Waals surface area contributed by atoms with E-state index in [1.807, 2.05) is 0 Å². The SMILES string of the molecule is O=C(CC1=NCCCS1)C(F)(F)C(F)(F)F. The number of halogens is 5. The zero-order valence-electron chi connectivity index (χ0n) is 7.98. The Morgan fingerprint density at radius 3 is 2.38 bits per heavy atom. The highest BCUT2D eigenvalue weighted by atomic mass is 32.2. The third-order valence-corrected chi connectivity index (χ3v) is 2.98. The molecular weight excluding hydrogens is 253 g/mol. The summed E-state index contributed by atoms with van der Waals surface area (Å²) < 4.78 is 60.5. The first-order valence-electron chi connectivity index (χ1n) is 4.39. The van der Waals surface area contributed by atoms with Gasteiger partial charge in [-0.2, -0.15) is 22.0 Å². The summed E-state index contributed by atoms with van der Waals surface area (Å²) in [5.41, 5.74) is 0. The van der Waals surface area contributed by atoms with Crippen molar-refractivity contribution in [3.63, 3.8) is 0 Å². The smallest absolute Gasteiger partial charge is 0.292 e. The van der Waals surface area contributed by atoms with E-state index in [1.54, 1.807) is 0 Å². The Kier molecular flexibility index (Phi) is 3.92. The standard InChI is InChI=1S/C8H8F5NOS/c9-7(10,8(11,12)13)5(15)4-6-14-2-1-3-16-6/h1-4H2. The van der Waals surface area contributed by atoms with Crippen molar-refractivity contribution >= 4 is 22.6 Å². The summed E-state index contributed by atoms with van der Waals surface area (Å²) in [5, 5.41) is 0.0557. The number of hydrogen-bond donors (Lipinski definition) is 0. The maximum atomic E-state index is 12.5. The van der Waals surface area contributed by atoms with E-state index in [1.165, 1.54) is 0 Å². The molecule has 0 amide bonds. The van der Waals surface area contributed by atoms with Crippen LogP contribution in [0, 0.1) is 0 Å². The quantitative estimate of drug-likeness (QED) is 0.731. The molecule has 0 radical (unpaired) electrons. The molecule has 0 N–H and O–H groups in total. The second-order valence-corrected chi connectivity index (χ2v) is 4.32. The van der Waals surface area contributed by atoms with E-state index >= 15 is 0 Å². The highest BCUT2D eigenvalue weighted by Crippen LogP contribution is 2.37. The molecule has 0 unspecified atom stereocenters. The third kappa shape index (κ3) is 2.93. The van der Waals surface area contributed by atoms with Gasteiger partial charge in [0, 0.05) is 12.3 Å². The van der Waals surface area contributed by atoms with Crippen molar-refractivity contribution in [3.05, 3.63) is 0 Å². The molecule has 0 spiro atoms. The van der Waals surface area contributed by atoms with Crippen molar-refractivity contribution in [1.82, 2.24) is 0 Å². The maximum Gasteiger partial charge on any atom is 0.461 e. The van der Waals surface area contributed by atoms with E-state index in [9.17, 15) is 26.7 Å². The van der Waals surface area contributed by atoms with Crippen LogP contribution in [0.25, 0.3) is 0 Å². The van der Waals surface area contributed by atoms with Gasteiger partial charge in [-0.25, -0.2) is 0 Å². The van der Waals surface area contributed by atoms with Crippen molar-refractivity contribution in [2.45, 2.75) is 24.9 Å². The van der Waals surface area contributed by atoms with Gasteiger partial charge < -0.3 is 0 Å². The molecular formula is C8H8F5NOS. The summed E-state index contributed by atoms with van der Waals surface area (Å²) in [6.07, 6.45) is -6.04. The van der Waals surface area contributed by atoms with E-state index in [-0.39, 0.29) is 5.04 Å². The fourth-order valence-electron chi connectivity index (χ4n) is 1.02. The predicted octanol–water partition coefficient (Wildman–Crippen LogP) is 2.68. The van der Waals surface area contributed by atoms with Gasteiger partial charge in [0.25, 0.3) is 0 Å². The number of ketones is 1. The van der Waals surface area contributed by atoms with Crippen LogP contribution in [-0.4, -0.2) is 35.2 Å². The molecule has 92 valence electrons. The number of thioether (sulfide) groups is 1. The van der Waals surface area contributed by atoms with Crippen LogP contribution in [0.2, 0.25) is 0 Å². The summed E-state index contributed by atoms with van der Waals surface area (Å²) >= 11 is 1.05. The molecule has 16 heavy (non-hydrogen) atoms. The van der Waals surface area contributed by atoms with E-state index in [0.717, 1.165) is 18.2 Å². The summed E-state index contributed by atoms with van der Waals surface area (Å²) in [6.45, 7) is 0.368. The topological polar surface area (TPSA) is 29.4 Å². The Morgan fingerprint density at radius 2 is 1.94 bits per heavy atom. The van der Waals surface area contributed by atoms with Crippen molar-refractivity contribution in [2.24, 2.45) is 4.99 Å². The fourth-order valence-corrected chi connectivity index (χ4v) is 1.94. The van der Waals surface area contributed by atoms with Crippen molar-refractivity contribution in [2.75, 3.05) is 12.3 Å². The molecule has 0 saturated heterocycles. The summed E-state index contributed by atoms with van der Waals surface area (Å²) in [6, 6.07) is 0. The Bertz CT molecular complexity index is 312. The molecule has 1 aliphatic rings. The zero-order chi connectivity index (χ0) is 12.4. The summed E-state index contributed by atoms with van der Waals surface area (Å²) in [7, 11) is 0. The van der Waals surface area contributed by atoms with Gasteiger partial charge in [0.15, 0.2) is 0 Å². The molecule has 0 bridgehead atoms. The summed E-state index contributed by atoms with van der Waals surface area (Å²) in [4.78, 5) is 14.5. The molecule has 1 rings (SSSR count). The van der Waals surface area contributed by atoms with Gasteiger partial charge in [0.2, 0.25) is 5.78 Å². The Labute approximate surface area is 92.3 Å². The minimum absolute atomic E-state index is 0.0557. The maximum absolute atomic E-state index is 12.5.